The molecule has 10 heteroatoms. The second kappa shape index (κ2) is 11.7. The SMILES string of the molecule is CCOOCc1nn2c(=O)n(Cc3ccccc3)c(-c3ccccc3)c(C(N)=O)c2c1COOCC. The van der Waals surface area contributed by atoms with Gasteiger partial charge in [0.05, 0.1) is 42.2 Å². The highest BCUT2D eigenvalue weighted by atomic mass is 17.2. The Kier molecular flexibility index (Phi) is 8.24. The lowest BCUT2D eigenvalue weighted by Crippen LogP contribution is -2.33. The topological polar surface area (TPSA) is 119 Å². The minimum Gasteiger partial charge on any atom is -0.365 e. The Hall–Kier alpha value is -3.83. The number of benzene rings is 2. The van der Waals surface area contributed by atoms with Crippen LogP contribution in [-0.4, -0.2) is 33.3 Å². The van der Waals surface area contributed by atoms with Crippen molar-refractivity contribution in [2.75, 3.05) is 13.2 Å². The smallest absolute Gasteiger partial charge is 0.350 e. The van der Waals surface area contributed by atoms with Crippen molar-refractivity contribution >= 4 is 11.4 Å². The molecule has 10 nitrogen and oxygen atoms in total. The van der Waals surface area contributed by atoms with Crippen LogP contribution in [0.15, 0.2) is 65.5 Å². The van der Waals surface area contributed by atoms with Gasteiger partial charge in [0, 0.05) is 5.56 Å². The number of primary amides is 1. The number of carbonyl (C=O) groups excluding carboxylic acids is 1. The minimum absolute atomic E-state index is 0.0721. The van der Waals surface area contributed by atoms with E-state index in [4.69, 9.17) is 25.3 Å². The molecular formula is C26H28N4O6. The Morgan fingerprint density at radius 2 is 1.50 bits per heavy atom. The molecule has 0 aliphatic carbocycles. The second-order valence-electron chi connectivity index (χ2n) is 7.83. The third-order valence-electron chi connectivity index (χ3n) is 5.50. The molecule has 0 bridgehead atoms. The summed E-state index contributed by atoms with van der Waals surface area (Å²) in [7, 11) is 0. The summed E-state index contributed by atoms with van der Waals surface area (Å²) in [6.07, 6.45) is 0. The van der Waals surface area contributed by atoms with E-state index in [0.29, 0.717) is 35.7 Å². The average Bonchev–Trinajstić information content (AvgIpc) is 3.25. The Bertz CT molecular complexity index is 1380. The van der Waals surface area contributed by atoms with E-state index in [0.717, 1.165) is 5.56 Å². The van der Waals surface area contributed by atoms with E-state index in [2.05, 4.69) is 5.10 Å². The fourth-order valence-corrected chi connectivity index (χ4v) is 4.02. The number of nitrogens with zero attached hydrogens (tertiary/aromatic N) is 3. The molecule has 0 fully saturated rings. The first-order valence-corrected chi connectivity index (χ1v) is 11.6. The number of hydrogen-bond donors (Lipinski definition) is 1. The maximum atomic E-state index is 13.9. The number of aromatic nitrogens is 3. The maximum Gasteiger partial charge on any atom is 0.350 e. The van der Waals surface area contributed by atoms with Crippen LogP contribution in [0.2, 0.25) is 0 Å². The molecule has 0 atom stereocenters. The lowest BCUT2D eigenvalue weighted by atomic mass is 10.0. The molecule has 0 unspecified atom stereocenters. The fourth-order valence-electron chi connectivity index (χ4n) is 4.02. The zero-order chi connectivity index (χ0) is 25.5. The third-order valence-corrected chi connectivity index (χ3v) is 5.50. The van der Waals surface area contributed by atoms with Crippen LogP contribution in [0.4, 0.5) is 0 Å². The Morgan fingerprint density at radius 3 is 2.11 bits per heavy atom. The van der Waals surface area contributed by atoms with Gasteiger partial charge in [0.25, 0.3) is 5.91 Å². The number of amides is 1. The molecule has 2 N–H and O–H groups in total. The molecular weight excluding hydrogens is 464 g/mol. The van der Waals surface area contributed by atoms with Gasteiger partial charge in [-0.2, -0.15) is 9.61 Å². The first-order chi connectivity index (χ1) is 17.6. The largest absolute Gasteiger partial charge is 0.365 e. The highest BCUT2D eigenvalue weighted by Crippen LogP contribution is 2.30. The van der Waals surface area contributed by atoms with Gasteiger partial charge in [-0.25, -0.2) is 24.3 Å². The molecule has 0 aliphatic heterocycles. The Morgan fingerprint density at radius 1 is 0.889 bits per heavy atom. The first-order valence-electron chi connectivity index (χ1n) is 11.6. The summed E-state index contributed by atoms with van der Waals surface area (Å²) < 4.78 is 2.68. The number of carbonyl (C=O) groups is 1. The Labute approximate surface area is 207 Å². The average molecular weight is 493 g/mol. The monoisotopic (exact) mass is 492 g/mol. The van der Waals surface area contributed by atoms with Crippen LogP contribution >= 0.6 is 0 Å². The van der Waals surface area contributed by atoms with Crippen molar-refractivity contribution < 1.29 is 24.3 Å². The highest BCUT2D eigenvalue weighted by molar-refractivity contribution is 6.06. The van der Waals surface area contributed by atoms with Crippen LogP contribution in [-0.2, 0) is 39.3 Å². The summed E-state index contributed by atoms with van der Waals surface area (Å²) in [5, 5.41) is 4.48. The standard InChI is InChI=1S/C26H28N4O6/c1-3-33-35-16-20-21(17-36-34-4-2)28-30-24(20)22(25(27)31)23(19-13-9-6-10-14-19)29(26(30)32)15-18-11-7-5-8-12-18/h5-14H,3-4,15-17H2,1-2H3,(H2,27,31). The van der Waals surface area contributed by atoms with E-state index < -0.39 is 11.6 Å². The summed E-state index contributed by atoms with van der Waals surface area (Å²) in [6, 6.07) is 18.6. The molecule has 0 aliphatic rings. The van der Waals surface area contributed by atoms with E-state index in [1.54, 1.807) is 13.8 Å². The van der Waals surface area contributed by atoms with Crippen molar-refractivity contribution in [1.29, 1.82) is 0 Å². The van der Waals surface area contributed by atoms with E-state index in [-0.39, 0.29) is 30.8 Å². The van der Waals surface area contributed by atoms with E-state index in [9.17, 15) is 9.59 Å². The third kappa shape index (κ3) is 5.21. The predicted octanol–water partition coefficient (Wildman–Crippen LogP) is 3.25. The lowest BCUT2D eigenvalue weighted by molar-refractivity contribution is -0.305. The molecule has 0 saturated heterocycles. The summed E-state index contributed by atoms with van der Waals surface area (Å²) in [5.41, 5.74) is 8.62. The van der Waals surface area contributed by atoms with Crippen molar-refractivity contribution in [3.05, 3.63) is 93.5 Å². The van der Waals surface area contributed by atoms with Gasteiger partial charge in [0.2, 0.25) is 0 Å². The van der Waals surface area contributed by atoms with Gasteiger partial charge >= 0.3 is 5.69 Å². The predicted molar refractivity (Wildman–Crippen MR) is 132 cm³/mol. The van der Waals surface area contributed by atoms with Crippen molar-refractivity contribution in [2.45, 2.75) is 33.6 Å². The van der Waals surface area contributed by atoms with Crippen molar-refractivity contribution in [3.63, 3.8) is 0 Å². The minimum atomic E-state index is -0.712. The van der Waals surface area contributed by atoms with Crippen LogP contribution in [0, 0.1) is 0 Å². The molecule has 0 saturated carbocycles. The molecule has 2 heterocycles. The van der Waals surface area contributed by atoms with Gasteiger partial charge in [-0.1, -0.05) is 60.7 Å². The van der Waals surface area contributed by atoms with Crippen LogP contribution in [0.5, 0.6) is 0 Å². The second-order valence-corrected chi connectivity index (χ2v) is 7.83. The van der Waals surface area contributed by atoms with Crippen LogP contribution < -0.4 is 11.4 Å². The zero-order valence-corrected chi connectivity index (χ0v) is 20.2. The fraction of sp³-hybridized carbons (Fsp3) is 0.269. The molecule has 188 valence electrons. The van der Waals surface area contributed by atoms with E-state index in [1.807, 2.05) is 60.7 Å². The molecule has 1 amide bonds. The van der Waals surface area contributed by atoms with Gasteiger partial charge in [0.15, 0.2) is 0 Å². The first kappa shape index (κ1) is 25.3. The normalized spacial score (nSPS) is 11.3. The number of hydrogen-bond acceptors (Lipinski definition) is 7. The molecule has 4 aromatic rings. The maximum absolute atomic E-state index is 13.9. The van der Waals surface area contributed by atoms with Crippen molar-refractivity contribution in [1.82, 2.24) is 14.2 Å². The molecule has 2 aromatic heterocycles. The Balaban J connectivity index is 2.05. The van der Waals surface area contributed by atoms with Gasteiger partial charge in [-0.15, -0.1) is 0 Å². The van der Waals surface area contributed by atoms with Crippen LogP contribution in [0.3, 0.4) is 0 Å². The van der Waals surface area contributed by atoms with Gasteiger partial charge < -0.3 is 5.73 Å². The van der Waals surface area contributed by atoms with E-state index >= 15 is 0 Å². The molecule has 4 rings (SSSR count). The van der Waals surface area contributed by atoms with Gasteiger partial charge in [0.1, 0.15) is 13.2 Å². The van der Waals surface area contributed by atoms with Crippen molar-refractivity contribution in [3.8, 4) is 11.3 Å². The summed E-state index contributed by atoms with van der Waals surface area (Å²) in [4.78, 5) is 47.6. The van der Waals surface area contributed by atoms with Gasteiger partial charge in [-0.3, -0.25) is 9.36 Å². The zero-order valence-electron chi connectivity index (χ0n) is 20.2. The highest BCUT2D eigenvalue weighted by Gasteiger charge is 2.28. The quantitative estimate of drug-likeness (QED) is 0.183. The number of fused-ring (bicyclic) bond motifs is 1. The number of rotatable bonds is 12. The summed E-state index contributed by atoms with van der Waals surface area (Å²) in [6.45, 7) is 4.24. The van der Waals surface area contributed by atoms with Crippen LogP contribution in [0.1, 0.15) is 41.0 Å². The number of nitrogens with two attached hydrogens (primary N) is 1. The summed E-state index contributed by atoms with van der Waals surface area (Å²) in [5.74, 6) is -0.712. The van der Waals surface area contributed by atoms with Gasteiger partial charge in [-0.05, 0) is 25.0 Å². The molecule has 2 aromatic carbocycles. The summed E-state index contributed by atoms with van der Waals surface area (Å²) >= 11 is 0. The van der Waals surface area contributed by atoms with Crippen molar-refractivity contribution in [2.24, 2.45) is 5.73 Å². The molecule has 0 radical (unpaired) electrons. The molecule has 0 spiro atoms. The lowest BCUT2D eigenvalue weighted by Gasteiger charge is -2.18. The molecule has 36 heavy (non-hydrogen) atoms. The van der Waals surface area contributed by atoms with Crippen LogP contribution in [0.25, 0.3) is 16.8 Å². The van der Waals surface area contributed by atoms with E-state index in [1.165, 1.54) is 9.08 Å².